The minimum atomic E-state index is -0.712. The average molecular weight is 432 g/mol. The van der Waals surface area contributed by atoms with Crippen molar-refractivity contribution in [2.24, 2.45) is 0 Å². The number of alkyl halides is 1. The molecule has 0 aliphatic carbocycles. The molecule has 0 fully saturated rings. The summed E-state index contributed by atoms with van der Waals surface area (Å²) in [7, 11) is 0. The van der Waals surface area contributed by atoms with E-state index in [4.69, 9.17) is 11.6 Å². The molecule has 2 nitrogen and oxygen atoms in total. The molecule has 0 saturated heterocycles. The third-order valence-electron chi connectivity index (χ3n) is 4.33. The van der Waals surface area contributed by atoms with Crippen LogP contribution in [0.3, 0.4) is 0 Å². The zero-order valence-corrected chi connectivity index (χ0v) is 18.2. The van der Waals surface area contributed by atoms with Gasteiger partial charge in [-0.15, -0.1) is 22.9 Å². The Kier molecular flexibility index (Phi) is 9.65. The molecular weight excluding hydrogens is 406 g/mol. The standard InChI is InChI=1S/C23H26ClNOS2/c1-3-6-18(7-4-12-24)9-10-21-22(20(16-28-21)17(2)11-14-27)23(26)19-8-5-13-25-15-19/h3-8,11,14-16,23,25-27H,1-2,9-10,12-13H2/b7-4-,14-11-,18-6+. The molecule has 2 N–H and O–H groups in total. The van der Waals surface area contributed by atoms with E-state index >= 15 is 0 Å². The van der Waals surface area contributed by atoms with Crippen molar-refractivity contribution >= 4 is 41.1 Å². The number of allylic oxidation sites excluding steroid dienone is 7. The second-order valence-electron chi connectivity index (χ2n) is 6.22. The minimum absolute atomic E-state index is 0.477. The number of halogens is 1. The highest BCUT2D eigenvalue weighted by atomic mass is 35.5. The van der Waals surface area contributed by atoms with E-state index in [0.29, 0.717) is 5.88 Å². The molecule has 2 rings (SSSR count). The molecule has 0 spiro atoms. The van der Waals surface area contributed by atoms with Gasteiger partial charge in [-0.1, -0.05) is 49.6 Å². The molecule has 1 aliphatic rings. The maximum Gasteiger partial charge on any atom is 0.107 e. The fourth-order valence-corrected chi connectivity index (χ4v) is 4.36. The van der Waals surface area contributed by atoms with E-state index < -0.39 is 6.10 Å². The van der Waals surface area contributed by atoms with Gasteiger partial charge in [0.25, 0.3) is 0 Å². The SMILES string of the molecule is C=C/C=C(\C=C/CCl)CCc1scc(C(=C)/C=C\S)c1C(O)C1=CNCC=C1. The van der Waals surface area contributed by atoms with Crippen LogP contribution < -0.4 is 5.32 Å². The van der Waals surface area contributed by atoms with Crippen molar-refractivity contribution < 1.29 is 5.11 Å². The number of aryl methyl sites for hydroxylation is 1. The Hall–Kier alpha value is -1.72. The molecule has 1 aliphatic heterocycles. The summed E-state index contributed by atoms with van der Waals surface area (Å²) in [5, 5.41) is 18.0. The summed E-state index contributed by atoms with van der Waals surface area (Å²) >= 11 is 11.6. The first-order valence-corrected chi connectivity index (χ1v) is 11.0. The van der Waals surface area contributed by atoms with Crippen LogP contribution in [0.5, 0.6) is 0 Å². The lowest BCUT2D eigenvalue weighted by atomic mass is 9.93. The molecule has 0 saturated carbocycles. The Balaban J connectivity index is 2.35. The highest BCUT2D eigenvalue weighted by Crippen LogP contribution is 2.38. The Morgan fingerprint density at radius 3 is 2.89 bits per heavy atom. The molecule has 2 heterocycles. The highest BCUT2D eigenvalue weighted by Gasteiger charge is 2.23. The molecular formula is C23H26ClNOS2. The van der Waals surface area contributed by atoms with E-state index in [0.717, 1.165) is 52.1 Å². The van der Waals surface area contributed by atoms with Gasteiger partial charge in [-0.2, -0.15) is 12.6 Å². The molecule has 5 heteroatoms. The summed E-state index contributed by atoms with van der Waals surface area (Å²) in [6.45, 7) is 8.70. The summed E-state index contributed by atoms with van der Waals surface area (Å²) in [5.41, 5.74) is 4.71. The quantitative estimate of drug-likeness (QED) is 0.237. The first-order valence-electron chi connectivity index (χ1n) is 9.04. The van der Waals surface area contributed by atoms with Gasteiger partial charge in [0.2, 0.25) is 0 Å². The van der Waals surface area contributed by atoms with E-state index in [1.54, 1.807) is 22.8 Å². The number of hydrogen-bond acceptors (Lipinski definition) is 4. The maximum atomic E-state index is 11.1. The van der Waals surface area contributed by atoms with Crippen LogP contribution in [0.4, 0.5) is 0 Å². The van der Waals surface area contributed by atoms with Gasteiger partial charge in [-0.25, -0.2) is 0 Å². The number of rotatable bonds is 10. The third kappa shape index (κ3) is 6.14. The van der Waals surface area contributed by atoms with Crippen molar-refractivity contribution in [1.82, 2.24) is 5.32 Å². The normalized spacial score (nSPS) is 15.7. The van der Waals surface area contributed by atoms with Crippen LogP contribution in [0.15, 0.2) is 83.8 Å². The highest BCUT2D eigenvalue weighted by molar-refractivity contribution is 7.83. The maximum absolute atomic E-state index is 11.1. The number of thiophene rings is 1. The minimum Gasteiger partial charge on any atom is -0.387 e. The lowest BCUT2D eigenvalue weighted by Crippen LogP contribution is -2.14. The average Bonchev–Trinajstić information content (AvgIpc) is 3.14. The number of dihydropyridines is 1. The first kappa shape index (κ1) is 22.6. The van der Waals surface area contributed by atoms with Crippen LogP contribution in [0, 0.1) is 0 Å². The van der Waals surface area contributed by atoms with Crippen molar-refractivity contribution in [3.63, 3.8) is 0 Å². The van der Waals surface area contributed by atoms with Crippen molar-refractivity contribution in [1.29, 1.82) is 0 Å². The molecule has 0 radical (unpaired) electrons. The first-order chi connectivity index (χ1) is 13.6. The van der Waals surface area contributed by atoms with Crippen molar-refractivity contribution in [2.75, 3.05) is 12.4 Å². The van der Waals surface area contributed by atoms with Crippen molar-refractivity contribution in [3.05, 3.63) is 99.8 Å². The van der Waals surface area contributed by atoms with Crippen LogP contribution in [0.1, 0.15) is 28.5 Å². The summed E-state index contributed by atoms with van der Waals surface area (Å²) in [6.07, 6.45) is 16.4. The zero-order chi connectivity index (χ0) is 20.4. The van der Waals surface area contributed by atoms with Crippen LogP contribution in [0.25, 0.3) is 5.57 Å². The second-order valence-corrected chi connectivity index (χ2v) is 7.79. The van der Waals surface area contributed by atoms with Gasteiger partial charge >= 0.3 is 0 Å². The van der Waals surface area contributed by atoms with Crippen LogP contribution >= 0.6 is 35.6 Å². The second kappa shape index (κ2) is 12.0. The van der Waals surface area contributed by atoms with Gasteiger partial charge in [-0.3, -0.25) is 0 Å². The molecule has 1 aromatic rings. The summed E-state index contributed by atoms with van der Waals surface area (Å²) in [6, 6.07) is 0. The van der Waals surface area contributed by atoms with E-state index in [1.165, 1.54) is 0 Å². The van der Waals surface area contributed by atoms with E-state index in [-0.39, 0.29) is 0 Å². The van der Waals surface area contributed by atoms with E-state index in [9.17, 15) is 5.11 Å². The molecule has 0 aromatic carbocycles. The van der Waals surface area contributed by atoms with Gasteiger partial charge < -0.3 is 10.4 Å². The summed E-state index contributed by atoms with van der Waals surface area (Å²) in [5.74, 6) is 0.477. The lowest BCUT2D eigenvalue weighted by molar-refractivity contribution is 0.218. The summed E-state index contributed by atoms with van der Waals surface area (Å²) < 4.78 is 0. The number of thiol groups is 1. The van der Waals surface area contributed by atoms with Gasteiger partial charge in [0.1, 0.15) is 6.10 Å². The Morgan fingerprint density at radius 2 is 2.25 bits per heavy atom. The fraction of sp³-hybridized carbons (Fsp3) is 0.217. The number of nitrogens with one attached hydrogen (secondary N) is 1. The Morgan fingerprint density at radius 1 is 1.43 bits per heavy atom. The fourth-order valence-electron chi connectivity index (χ4n) is 2.98. The number of aliphatic hydroxyl groups excluding tert-OH is 1. The van der Waals surface area contributed by atoms with Gasteiger partial charge in [0, 0.05) is 34.6 Å². The lowest BCUT2D eigenvalue weighted by Gasteiger charge is -2.19. The Labute approximate surface area is 182 Å². The van der Waals surface area contributed by atoms with Gasteiger partial charge in [-0.05, 0) is 46.4 Å². The monoisotopic (exact) mass is 431 g/mol. The molecule has 1 aromatic heterocycles. The zero-order valence-electron chi connectivity index (χ0n) is 15.8. The predicted octanol–water partition coefficient (Wildman–Crippen LogP) is 6.12. The van der Waals surface area contributed by atoms with E-state index in [2.05, 4.69) is 36.5 Å². The number of hydrogen-bond donors (Lipinski definition) is 3. The molecule has 28 heavy (non-hydrogen) atoms. The Bertz CT molecular complexity index is 843. The molecule has 0 bridgehead atoms. The summed E-state index contributed by atoms with van der Waals surface area (Å²) in [4.78, 5) is 1.14. The number of aliphatic hydroxyl groups is 1. The smallest absolute Gasteiger partial charge is 0.107 e. The topological polar surface area (TPSA) is 32.3 Å². The van der Waals surface area contributed by atoms with Crippen LogP contribution in [0.2, 0.25) is 0 Å². The van der Waals surface area contributed by atoms with Gasteiger partial charge in [0.15, 0.2) is 0 Å². The molecule has 148 valence electrons. The molecule has 0 amide bonds. The largest absolute Gasteiger partial charge is 0.387 e. The van der Waals surface area contributed by atoms with Gasteiger partial charge in [0.05, 0.1) is 0 Å². The molecule has 1 atom stereocenters. The van der Waals surface area contributed by atoms with Crippen LogP contribution in [-0.4, -0.2) is 17.5 Å². The van der Waals surface area contributed by atoms with Crippen molar-refractivity contribution in [2.45, 2.75) is 18.9 Å². The van der Waals surface area contributed by atoms with Crippen LogP contribution in [-0.2, 0) is 6.42 Å². The van der Waals surface area contributed by atoms with E-state index in [1.807, 2.05) is 42.7 Å². The predicted molar refractivity (Wildman–Crippen MR) is 128 cm³/mol. The van der Waals surface area contributed by atoms with Crippen molar-refractivity contribution in [3.8, 4) is 0 Å². The third-order valence-corrected chi connectivity index (χ3v) is 5.72. The molecule has 1 unspecified atom stereocenters.